The van der Waals surface area contributed by atoms with Crippen molar-refractivity contribution in [3.8, 4) is 0 Å². The summed E-state index contributed by atoms with van der Waals surface area (Å²) in [6, 6.07) is 0.105. The number of amides is 2. The van der Waals surface area contributed by atoms with Crippen molar-refractivity contribution in [3.63, 3.8) is 0 Å². The molecule has 2 aliphatic rings. The minimum atomic E-state index is 0.105. The molecule has 4 heteroatoms. The maximum absolute atomic E-state index is 11.3. The molecule has 4 nitrogen and oxygen atoms in total. The zero-order valence-corrected chi connectivity index (χ0v) is 8.34. The van der Waals surface area contributed by atoms with Gasteiger partial charge in [0.15, 0.2) is 0 Å². The molecule has 0 atom stereocenters. The third-order valence-electron chi connectivity index (χ3n) is 3.21. The second-order valence-corrected chi connectivity index (χ2v) is 4.27. The molecule has 1 aliphatic heterocycles. The molecule has 1 saturated heterocycles. The van der Waals surface area contributed by atoms with Crippen molar-refractivity contribution in [2.45, 2.75) is 18.4 Å². The zero-order chi connectivity index (χ0) is 9.47. The molecule has 1 N–H and O–H groups in total. The van der Waals surface area contributed by atoms with Crippen molar-refractivity contribution >= 4 is 6.03 Å². The smallest absolute Gasteiger partial charge is 0.317 e. The Morgan fingerprint density at radius 3 is 2.62 bits per heavy atom. The summed E-state index contributed by atoms with van der Waals surface area (Å²) in [5.41, 5.74) is 0.293. The summed E-state index contributed by atoms with van der Waals surface area (Å²) in [4.78, 5) is 15.5. The summed E-state index contributed by atoms with van der Waals surface area (Å²) in [5.74, 6) is 0. The van der Waals surface area contributed by atoms with Crippen LogP contribution in [0.4, 0.5) is 4.79 Å². The lowest BCUT2D eigenvalue weighted by Crippen LogP contribution is -2.43. The molecule has 0 aromatic carbocycles. The van der Waals surface area contributed by atoms with Gasteiger partial charge in [-0.15, -0.1) is 0 Å². The predicted molar refractivity (Wildman–Crippen MR) is 50.6 cm³/mol. The van der Waals surface area contributed by atoms with Crippen molar-refractivity contribution in [1.29, 1.82) is 0 Å². The maximum Gasteiger partial charge on any atom is 0.317 e. The van der Waals surface area contributed by atoms with Gasteiger partial charge in [0, 0.05) is 25.2 Å². The minimum absolute atomic E-state index is 0.105. The Kier molecular flexibility index (Phi) is 1.95. The lowest BCUT2D eigenvalue weighted by Gasteiger charge is -2.28. The van der Waals surface area contributed by atoms with E-state index in [1.54, 1.807) is 0 Å². The number of carbonyl (C=O) groups is 1. The van der Waals surface area contributed by atoms with E-state index < -0.39 is 0 Å². The molecular formula is C9H17N3O. The normalized spacial score (nSPS) is 25.2. The van der Waals surface area contributed by atoms with Crippen LogP contribution in [0.15, 0.2) is 0 Å². The molecule has 74 valence electrons. The second-order valence-electron chi connectivity index (χ2n) is 4.27. The van der Waals surface area contributed by atoms with Gasteiger partial charge in [-0.2, -0.15) is 0 Å². The molecular weight excluding hydrogens is 166 g/mol. The van der Waals surface area contributed by atoms with Gasteiger partial charge in [-0.05, 0) is 26.9 Å². The summed E-state index contributed by atoms with van der Waals surface area (Å²) in [5, 5.41) is 2.83. The van der Waals surface area contributed by atoms with Crippen molar-refractivity contribution in [3.05, 3.63) is 0 Å². The fourth-order valence-electron chi connectivity index (χ4n) is 1.91. The number of likely N-dealkylation sites (N-methyl/N-ethyl adjacent to an activating group) is 1. The van der Waals surface area contributed by atoms with E-state index in [2.05, 4.69) is 24.3 Å². The number of nitrogens with zero attached hydrogens (tertiary/aromatic N) is 2. The van der Waals surface area contributed by atoms with Gasteiger partial charge in [0.1, 0.15) is 0 Å². The van der Waals surface area contributed by atoms with Crippen molar-refractivity contribution in [1.82, 2.24) is 15.1 Å². The number of hydrogen-bond acceptors (Lipinski definition) is 2. The van der Waals surface area contributed by atoms with Crippen molar-refractivity contribution < 1.29 is 4.79 Å². The molecule has 0 bridgehead atoms. The SMILES string of the molecule is CN(C)C1(CN2CCNC2=O)CC1. The largest absolute Gasteiger partial charge is 0.336 e. The number of rotatable bonds is 3. The monoisotopic (exact) mass is 183 g/mol. The molecule has 0 unspecified atom stereocenters. The highest BCUT2D eigenvalue weighted by atomic mass is 16.2. The third-order valence-corrected chi connectivity index (χ3v) is 3.21. The Balaban J connectivity index is 1.94. The Bertz CT molecular complexity index is 223. The summed E-state index contributed by atoms with van der Waals surface area (Å²) in [7, 11) is 4.20. The van der Waals surface area contributed by atoms with Crippen LogP contribution in [0.1, 0.15) is 12.8 Å². The van der Waals surface area contributed by atoms with E-state index in [4.69, 9.17) is 0 Å². The summed E-state index contributed by atoms with van der Waals surface area (Å²) in [6.07, 6.45) is 2.45. The molecule has 1 saturated carbocycles. The van der Waals surface area contributed by atoms with Gasteiger partial charge >= 0.3 is 6.03 Å². The molecule has 2 amide bonds. The predicted octanol–water partition coefficient (Wildman–Crippen LogP) is 0.106. The molecule has 0 radical (unpaired) electrons. The van der Waals surface area contributed by atoms with Crippen LogP contribution >= 0.6 is 0 Å². The van der Waals surface area contributed by atoms with E-state index in [1.165, 1.54) is 12.8 Å². The van der Waals surface area contributed by atoms with Crippen LogP contribution < -0.4 is 5.32 Å². The fourth-order valence-corrected chi connectivity index (χ4v) is 1.91. The van der Waals surface area contributed by atoms with Crippen molar-refractivity contribution in [2.24, 2.45) is 0 Å². The highest BCUT2D eigenvalue weighted by Crippen LogP contribution is 2.40. The van der Waals surface area contributed by atoms with Crippen LogP contribution in [0.5, 0.6) is 0 Å². The van der Waals surface area contributed by atoms with E-state index in [0.29, 0.717) is 5.54 Å². The van der Waals surface area contributed by atoms with Gasteiger partial charge in [0.05, 0.1) is 0 Å². The van der Waals surface area contributed by atoms with Gasteiger partial charge in [-0.1, -0.05) is 0 Å². The zero-order valence-electron chi connectivity index (χ0n) is 8.34. The van der Waals surface area contributed by atoms with Crippen LogP contribution in [-0.4, -0.2) is 55.1 Å². The van der Waals surface area contributed by atoms with Gasteiger partial charge in [-0.25, -0.2) is 4.79 Å². The standard InChI is InChI=1S/C9H17N3O/c1-11(2)9(3-4-9)7-12-6-5-10-8(12)13/h3-7H2,1-2H3,(H,10,13). The number of carbonyl (C=O) groups excluding carboxylic acids is 1. The van der Waals surface area contributed by atoms with Gasteiger partial charge in [0.2, 0.25) is 0 Å². The maximum atomic E-state index is 11.3. The minimum Gasteiger partial charge on any atom is -0.336 e. The quantitative estimate of drug-likeness (QED) is 0.674. The molecule has 0 spiro atoms. The third kappa shape index (κ3) is 1.50. The Morgan fingerprint density at radius 2 is 2.23 bits per heavy atom. The first-order valence-corrected chi connectivity index (χ1v) is 4.84. The molecule has 2 fully saturated rings. The van der Waals surface area contributed by atoms with E-state index >= 15 is 0 Å². The number of nitrogens with one attached hydrogen (secondary N) is 1. The van der Waals surface area contributed by atoms with Crippen molar-refractivity contribution in [2.75, 3.05) is 33.7 Å². The highest BCUT2D eigenvalue weighted by molar-refractivity contribution is 5.76. The van der Waals surface area contributed by atoms with Crippen LogP contribution in [0, 0.1) is 0 Å². The van der Waals surface area contributed by atoms with Crippen LogP contribution in [-0.2, 0) is 0 Å². The topological polar surface area (TPSA) is 35.6 Å². The van der Waals surface area contributed by atoms with E-state index in [1.807, 2.05) is 4.90 Å². The Morgan fingerprint density at radius 1 is 1.54 bits per heavy atom. The molecule has 1 heterocycles. The van der Waals surface area contributed by atoms with E-state index in [-0.39, 0.29) is 6.03 Å². The molecule has 0 aromatic heterocycles. The average molecular weight is 183 g/mol. The number of hydrogen-bond donors (Lipinski definition) is 1. The molecule has 1 aliphatic carbocycles. The first-order chi connectivity index (χ1) is 6.14. The van der Waals surface area contributed by atoms with Crippen LogP contribution in [0.3, 0.4) is 0 Å². The van der Waals surface area contributed by atoms with Gasteiger partial charge < -0.3 is 15.1 Å². The summed E-state index contributed by atoms with van der Waals surface area (Å²) < 4.78 is 0. The molecule has 2 rings (SSSR count). The summed E-state index contributed by atoms with van der Waals surface area (Å²) >= 11 is 0. The van der Waals surface area contributed by atoms with E-state index in [9.17, 15) is 4.79 Å². The summed E-state index contributed by atoms with van der Waals surface area (Å²) in [6.45, 7) is 2.57. The second kappa shape index (κ2) is 2.87. The first-order valence-electron chi connectivity index (χ1n) is 4.84. The van der Waals surface area contributed by atoms with Gasteiger partial charge in [0.25, 0.3) is 0 Å². The lowest BCUT2D eigenvalue weighted by atomic mass is 10.2. The lowest BCUT2D eigenvalue weighted by molar-refractivity contribution is 0.181. The molecule has 0 aromatic rings. The average Bonchev–Trinajstić information content (AvgIpc) is 2.74. The Labute approximate surface area is 78.9 Å². The Hall–Kier alpha value is -0.770. The molecule has 13 heavy (non-hydrogen) atoms. The van der Waals surface area contributed by atoms with Crippen LogP contribution in [0.2, 0.25) is 0 Å². The van der Waals surface area contributed by atoms with E-state index in [0.717, 1.165) is 19.6 Å². The van der Waals surface area contributed by atoms with Gasteiger partial charge in [-0.3, -0.25) is 0 Å². The fraction of sp³-hybridized carbons (Fsp3) is 0.889. The highest BCUT2D eigenvalue weighted by Gasteiger charge is 2.47. The van der Waals surface area contributed by atoms with Crippen LogP contribution in [0.25, 0.3) is 0 Å². The number of urea groups is 1. The first kappa shape index (κ1) is 8.81.